The zero-order valence-electron chi connectivity index (χ0n) is 11.3. The summed E-state index contributed by atoms with van der Waals surface area (Å²) in [7, 11) is 0. The molecule has 0 aliphatic heterocycles. The number of rotatable bonds is 7. The molecule has 0 unspecified atom stereocenters. The first-order chi connectivity index (χ1) is 8.72. The zero-order chi connectivity index (χ0) is 13.0. The molecule has 1 aliphatic rings. The van der Waals surface area contributed by atoms with Gasteiger partial charge < -0.3 is 15.3 Å². The SMILES string of the molecule is CC(C)N(CCO)c1ncccc1CNC1CC1. The van der Waals surface area contributed by atoms with Gasteiger partial charge in [0.15, 0.2) is 0 Å². The maximum atomic E-state index is 9.18. The molecule has 0 radical (unpaired) electrons. The van der Waals surface area contributed by atoms with Gasteiger partial charge in [-0.2, -0.15) is 0 Å². The second-order valence-electron chi connectivity index (χ2n) is 5.15. The van der Waals surface area contributed by atoms with Crippen molar-refractivity contribution in [1.29, 1.82) is 0 Å². The fourth-order valence-corrected chi connectivity index (χ4v) is 2.09. The molecule has 0 spiro atoms. The molecule has 1 aliphatic carbocycles. The topological polar surface area (TPSA) is 48.4 Å². The molecule has 4 nitrogen and oxygen atoms in total. The predicted molar refractivity (Wildman–Crippen MR) is 73.7 cm³/mol. The molecule has 2 N–H and O–H groups in total. The van der Waals surface area contributed by atoms with Crippen LogP contribution in [0.3, 0.4) is 0 Å². The molecular formula is C14H23N3O. The van der Waals surface area contributed by atoms with E-state index in [0.29, 0.717) is 18.6 Å². The largest absolute Gasteiger partial charge is 0.395 e. The number of anilines is 1. The summed E-state index contributed by atoms with van der Waals surface area (Å²) in [6.45, 7) is 5.91. The summed E-state index contributed by atoms with van der Waals surface area (Å²) in [5.41, 5.74) is 1.21. The van der Waals surface area contributed by atoms with Gasteiger partial charge >= 0.3 is 0 Å². The van der Waals surface area contributed by atoms with E-state index in [-0.39, 0.29) is 6.61 Å². The monoisotopic (exact) mass is 249 g/mol. The molecule has 1 fully saturated rings. The summed E-state index contributed by atoms with van der Waals surface area (Å²) in [4.78, 5) is 6.65. The Balaban J connectivity index is 2.12. The summed E-state index contributed by atoms with van der Waals surface area (Å²) in [5, 5.41) is 12.7. The number of hydrogen-bond donors (Lipinski definition) is 2. The van der Waals surface area contributed by atoms with Gasteiger partial charge in [0.2, 0.25) is 0 Å². The van der Waals surface area contributed by atoms with E-state index < -0.39 is 0 Å². The minimum Gasteiger partial charge on any atom is -0.395 e. The maximum Gasteiger partial charge on any atom is 0.133 e. The van der Waals surface area contributed by atoms with E-state index in [0.717, 1.165) is 12.4 Å². The highest BCUT2D eigenvalue weighted by Crippen LogP contribution is 2.23. The third kappa shape index (κ3) is 3.43. The van der Waals surface area contributed by atoms with E-state index in [4.69, 9.17) is 0 Å². The van der Waals surface area contributed by atoms with Crippen molar-refractivity contribution in [3.05, 3.63) is 23.9 Å². The molecule has 1 heterocycles. The van der Waals surface area contributed by atoms with Crippen LogP contribution in [0.5, 0.6) is 0 Å². The van der Waals surface area contributed by atoms with Crippen LogP contribution in [0.25, 0.3) is 0 Å². The average Bonchev–Trinajstić information content (AvgIpc) is 3.18. The van der Waals surface area contributed by atoms with Crippen LogP contribution in [0.1, 0.15) is 32.3 Å². The quantitative estimate of drug-likeness (QED) is 0.769. The maximum absolute atomic E-state index is 9.18. The molecule has 1 aromatic rings. The van der Waals surface area contributed by atoms with Gasteiger partial charge in [-0.15, -0.1) is 0 Å². The number of nitrogens with zero attached hydrogens (tertiary/aromatic N) is 2. The van der Waals surface area contributed by atoms with Gasteiger partial charge in [0.25, 0.3) is 0 Å². The molecule has 18 heavy (non-hydrogen) atoms. The lowest BCUT2D eigenvalue weighted by Gasteiger charge is -2.29. The van der Waals surface area contributed by atoms with E-state index in [2.05, 4.69) is 35.1 Å². The van der Waals surface area contributed by atoms with Crippen LogP contribution in [0.4, 0.5) is 5.82 Å². The Morgan fingerprint density at radius 3 is 2.89 bits per heavy atom. The standard InChI is InChI=1S/C14H23N3O/c1-11(2)17(8-9-18)14-12(4-3-7-15-14)10-16-13-5-6-13/h3-4,7,11,13,16,18H,5-6,8-10H2,1-2H3. The highest BCUT2D eigenvalue weighted by molar-refractivity contribution is 5.47. The molecule has 2 rings (SSSR count). The van der Waals surface area contributed by atoms with Crippen molar-refractivity contribution in [1.82, 2.24) is 10.3 Å². The van der Waals surface area contributed by atoms with Crippen LogP contribution in [-0.2, 0) is 6.54 Å². The third-order valence-corrected chi connectivity index (χ3v) is 3.26. The van der Waals surface area contributed by atoms with Crippen molar-refractivity contribution < 1.29 is 5.11 Å². The second-order valence-corrected chi connectivity index (χ2v) is 5.15. The number of hydrogen-bond acceptors (Lipinski definition) is 4. The van der Waals surface area contributed by atoms with Gasteiger partial charge in [0.1, 0.15) is 5.82 Å². The van der Waals surface area contributed by atoms with Crippen molar-refractivity contribution in [2.24, 2.45) is 0 Å². The van der Waals surface area contributed by atoms with Gasteiger partial charge in [0, 0.05) is 36.9 Å². The van der Waals surface area contributed by atoms with E-state index in [1.807, 2.05) is 12.3 Å². The molecule has 0 bridgehead atoms. The smallest absolute Gasteiger partial charge is 0.133 e. The van der Waals surface area contributed by atoms with Gasteiger partial charge in [-0.25, -0.2) is 4.98 Å². The highest BCUT2D eigenvalue weighted by atomic mass is 16.3. The molecule has 4 heteroatoms. The lowest BCUT2D eigenvalue weighted by molar-refractivity contribution is 0.298. The van der Waals surface area contributed by atoms with E-state index in [9.17, 15) is 5.11 Å². The van der Waals surface area contributed by atoms with E-state index >= 15 is 0 Å². The minimum atomic E-state index is 0.157. The van der Waals surface area contributed by atoms with Crippen molar-refractivity contribution in [3.63, 3.8) is 0 Å². The number of nitrogens with one attached hydrogen (secondary N) is 1. The van der Waals surface area contributed by atoms with Gasteiger partial charge in [0.05, 0.1) is 6.61 Å². The second kappa shape index (κ2) is 6.16. The number of aromatic nitrogens is 1. The Morgan fingerprint density at radius 1 is 1.50 bits per heavy atom. The molecule has 1 saturated carbocycles. The molecular weight excluding hydrogens is 226 g/mol. The Morgan fingerprint density at radius 2 is 2.28 bits per heavy atom. The average molecular weight is 249 g/mol. The van der Waals surface area contributed by atoms with Crippen LogP contribution in [0.15, 0.2) is 18.3 Å². The number of aliphatic hydroxyl groups excluding tert-OH is 1. The van der Waals surface area contributed by atoms with Crippen molar-refractivity contribution in [3.8, 4) is 0 Å². The Labute approximate surface area is 109 Å². The van der Waals surface area contributed by atoms with Gasteiger partial charge in [-0.3, -0.25) is 0 Å². The third-order valence-electron chi connectivity index (χ3n) is 3.26. The molecule has 0 amide bonds. The van der Waals surface area contributed by atoms with Crippen molar-refractivity contribution in [2.45, 2.75) is 45.3 Å². The summed E-state index contributed by atoms with van der Waals surface area (Å²) in [5.74, 6) is 0.995. The molecule has 0 saturated heterocycles. The summed E-state index contributed by atoms with van der Waals surface area (Å²) in [6, 6.07) is 5.13. The fraction of sp³-hybridized carbons (Fsp3) is 0.643. The molecule has 0 atom stereocenters. The Kier molecular flexibility index (Phi) is 4.55. The Bertz CT molecular complexity index is 377. The van der Waals surface area contributed by atoms with Gasteiger partial charge in [-0.05, 0) is 32.8 Å². The first-order valence-electron chi connectivity index (χ1n) is 6.77. The highest BCUT2D eigenvalue weighted by Gasteiger charge is 2.21. The summed E-state index contributed by atoms with van der Waals surface area (Å²) in [6.07, 6.45) is 4.41. The number of aliphatic hydroxyl groups is 1. The van der Waals surface area contributed by atoms with Crippen LogP contribution >= 0.6 is 0 Å². The fourth-order valence-electron chi connectivity index (χ4n) is 2.09. The van der Waals surface area contributed by atoms with Crippen molar-refractivity contribution in [2.75, 3.05) is 18.1 Å². The molecule has 100 valence electrons. The molecule has 0 aromatic carbocycles. The normalized spacial score (nSPS) is 15.1. The van der Waals surface area contributed by atoms with Crippen LogP contribution in [0.2, 0.25) is 0 Å². The first kappa shape index (κ1) is 13.3. The van der Waals surface area contributed by atoms with E-state index in [1.165, 1.54) is 18.4 Å². The zero-order valence-corrected chi connectivity index (χ0v) is 11.3. The predicted octanol–water partition coefficient (Wildman–Crippen LogP) is 1.54. The first-order valence-corrected chi connectivity index (χ1v) is 6.77. The van der Waals surface area contributed by atoms with Crippen LogP contribution in [0, 0.1) is 0 Å². The minimum absolute atomic E-state index is 0.157. The van der Waals surface area contributed by atoms with Crippen LogP contribution in [-0.4, -0.2) is 35.3 Å². The van der Waals surface area contributed by atoms with Crippen LogP contribution < -0.4 is 10.2 Å². The van der Waals surface area contributed by atoms with E-state index in [1.54, 1.807) is 0 Å². The summed E-state index contributed by atoms with van der Waals surface area (Å²) >= 11 is 0. The van der Waals surface area contributed by atoms with Crippen molar-refractivity contribution >= 4 is 5.82 Å². The van der Waals surface area contributed by atoms with Gasteiger partial charge in [-0.1, -0.05) is 6.07 Å². The lowest BCUT2D eigenvalue weighted by atomic mass is 10.2. The number of pyridine rings is 1. The molecule has 1 aromatic heterocycles. The lowest BCUT2D eigenvalue weighted by Crippen LogP contribution is -2.35. The Hall–Kier alpha value is -1.13. The summed E-state index contributed by atoms with van der Waals surface area (Å²) < 4.78 is 0.